The number of benzene rings is 1. The molecule has 5 nitrogen and oxygen atoms in total. The average Bonchev–Trinajstić information content (AvgIpc) is 2.52. The second-order valence-electron chi connectivity index (χ2n) is 4.31. The molecule has 1 aromatic heterocycles. The van der Waals surface area contributed by atoms with Gasteiger partial charge in [-0.05, 0) is 30.3 Å². The van der Waals surface area contributed by atoms with Crippen molar-refractivity contribution in [1.29, 1.82) is 0 Å². The van der Waals surface area contributed by atoms with E-state index in [9.17, 15) is 14.0 Å². The summed E-state index contributed by atoms with van der Waals surface area (Å²) in [6, 6.07) is 8.27. The number of rotatable bonds is 4. The van der Waals surface area contributed by atoms with Crippen LogP contribution in [-0.4, -0.2) is 30.5 Å². The SMILES string of the molecule is COC(=O)CN(C(=O)c1ccc(Cl)cn1)c1cccc(F)c1. The normalized spacial score (nSPS) is 10.1. The molecule has 1 heterocycles. The maximum Gasteiger partial charge on any atom is 0.325 e. The Hall–Kier alpha value is -2.47. The van der Waals surface area contributed by atoms with E-state index in [0.29, 0.717) is 5.02 Å². The highest BCUT2D eigenvalue weighted by Gasteiger charge is 2.22. The number of hydrogen-bond acceptors (Lipinski definition) is 4. The van der Waals surface area contributed by atoms with Crippen molar-refractivity contribution in [3.05, 3.63) is 59.1 Å². The molecule has 0 aliphatic rings. The van der Waals surface area contributed by atoms with Gasteiger partial charge < -0.3 is 4.74 Å². The summed E-state index contributed by atoms with van der Waals surface area (Å²) in [4.78, 5) is 29.0. The largest absolute Gasteiger partial charge is 0.468 e. The zero-order chi connectivity index (χ0) is 16.1. The molecule has 0 aliphatic heterocycles. The smallest absolute Gasteiger partial charge is 0.325 e. The number of amides is 1. The minimum Gasteiger partial charge on any atom is -0.468 e. The zero-order valence-electron chi connectivity index (χ0n) is 11.6. The van der Waals surface area contributed by atoms with Gasteiger partial charge in [0.2, 0.25) is 0 Å². The van der Waals surface area contributed by atoms with E-state index in [1.807, 2.05) is 0 Å². The van der Waals surface area contributed by atoms with E-state index in [0.717, 1.165) is 11.0 Å². The molecule has 0 aliphatic carbocycles. The van der Waals surface area contributed by atoms with Gasteiger partial charge in [0.05, 0.1) is 12.1 Å². The average molecular weight is 323 g/mol. The molecular weight excluding hydrogens is 311 g/mol. The van der Waals surface area contributed by atoms with Gasteiger partial charge in [0.25, 0.3) is 5.91 Å². The van der Waals surface area contributed by atoms with Crippen molar-refractivity contribution in [3.8, 4) is 0 Å². The Balaban J connectivity index is 2.37. The first-order valence-electron chi connectivity index (χ1n) is 6.27. The van der Waals surface area contributed by atoms with Crippen LogP contribution in [0.4, 0.5) is 10.1 Å². The second-order valence-corrected chi connectivity index (χ2v) is 4.75. The summed E-state index contributed by atoms with van der Waals surface area (Å²) >= 11 is 5.73. The Morgan fingerprint density at radius 3 is 2.68 bits per heavy atom. The number of halogens is 2. The first-order chi connectivity index (χ1) is 10.5. The summed E-state index contributed by atoms with van der Waals surface area (Å²) in [6.45, 7) is -0.358. The lowest BCUT2D eigenvalue weighted by Gasteiger charge is -2.21. The fourth-order valence-corrected chi connectivity index (χ4v) is 1.87. The van der Waals surface area contributed by atoms with Crippen LogP contribution >= 0.6 is 11.6 Å². The lowest BCUT2D eigenvalue weighted by molar-refractivity contribution is -0.138. The van der Waals surface area contributed by atoms with Gasteiger partial charge in [-0.15, -0.1) is 0 Å². The van der Waals surface area contributed by atoms with Gasteiger partial charge in [-0.3, -0.25) is 14.5 Å². The highest BCUT2D eigenvalue weighted by Crippen LogP contribution is 2.18. The van der Waals surface area contributed by atoms with Gasteiger partial charge >= 0.3 is 5.97 Å². The predicted octanol–water partition coefficient (Wildman–Crippen LogP) is 2.69. The topological polar surface area (TPSA) is 59.5 Å². The number of ether oxygens (including phenoxy) is 1. The van der Waals surface area contributed by atoms with Crippen molar-refractivity contribution in [2.75, 3.05) is 18.6 Å². The van der Waals surface area contributed by atoms with E-state index < -0.39 is 17.7 Å². The van der Waals surface area contributed by atoms with Gasteiger partial charge in [-0.1, -0.05) is 17.7 Å². The summed E-state index contributed by atoms with van der Waals surface area (Å²) in [5.41, 5.74) is 0.310. The summed E-state index contributed by atoms with van der Waals surface area (Å²) in [5.74, 6) is -1.72. The predicted molar refractivity (Wildman–Crippen MR) is 79.3 cm³/mol. The zero-order valence-corrected chi connectivity index (χ0v) is 12.4. The number of nitrogens with zero attached hydrogens (tertiary/aromatic N) is 2. The number of esters is 1. The third-order valence-electron chi connectivity index (χ3n) is 2.83. The van der Waals surface area contributed by atoms with Gasteiger partial charge in [-0.25, -0.2) is 9.37 Å². The first-order valence-corrected chi connectivity index (χ1v) is 6.65. The van der Waals surface area contributed by atoms with E-state index in [4.69, 9.17) is 11.6 Å². The van der Waals surface area contributed by atoms with Crippen molar-refractivity contribution in [2.24, 2.45) is 0 Å². The van der Waals surface area contributed by atoms with Crippen molar-refractivity contribution >= 4 is 29.2 Å². The van der Waals surface area contributed by atoms with Crippen molar-refractivity contribution in [2.45, 2.75) is 0 Å². The fourth-order valence-electron chi connectivity index (χ4n) is 1.76. The van der Waals surface area contributed by atoms with Crippen LogP contribution in [0.3, 0.4) is 0 Å². The highest BCUT2D eigenvalue weighted by atomic mass is 35.5. The number of aromatic nitrogens is 1. The van der Waals surface area contributed by atoms with E-state index in [1.165, 1.54) is 43.6 Å². The van der Waals surface area contributed by atoms with Crippen molar-refractivity contribution < 1.29 is 18.7 Å². The molecule has 2 rings (SSSR count). The van der Waals surface area contributed by atoms with E-state index >= 15 is 0 Å². The molecule has 0 radical (unpaired) electrons. The van der Waals surface area contributed by atoms with Crippen LogP contribution in [0, 0.1) is 5.82 Å². The van der Waals surface area contributed by atoms with Crippen molar-refractivity contribution in [1.82, 2.24) is 4.98 Å². The third kappa shape index (κ3) is 3.79. The summed E-state index contributed by atoms with van der Waals surface area (Å²) in [5, 5.41) is 0.377. The molecule has 7 heteroatoms. The molecular formula is C15H12ClFN2O3. The summed E-state index contributed by atoms with van der Waals surface area (Å²) in [7, 11) is 1.21. The number of anilines is 1. The second kappa shape index (κ2) is 7.00. The molecule has 1 amide bonds. The third-order valence-corrected chi connectivity index (χ3v) is 3.05. The van der Waals surface area contributed by atoms with Crippen LogP contribution in [-0.2, 0) is 9.53 Å². The minimum absolute atomic E-state index is 0.0811. The monoisotopic (exact) mass is 322 g/mol. The van der Waals surface area contributed by atoms with Crippen LogP contribution in [0.15, 0.2) is 42.6 Å². The number of hydrogen-bond donors (Lipinski definition) is 0. The first kappa shape index (κ1) is 15.9. The number of carbonyl (C=O) groups excluding carboxylic acids is 2. The van der Waals surface area contributed by atoms with Gasteiger partial charge in [0, 0.05) is 11.9 Å². The Kier molecular flexibility index (Phi) is 5.06. The fraction of sp³-hybridized carbons (Fsp3) is 0.133. The molecule has 2 aromatic rings. The molecule has 0 unspecified atom stereocenters. The molecule has 22 heavy (non-hydrogen) atoms. The quantitative estimate of drug-likeness (QED) is 0.812. The number of methoxy groups -OCH3 is 1. The van der Waals surface area contributed by atoms with E-state index in [-0.39, 0.29) is 17.9 Å². The Bertz CT molecular complexity index is 691. The maximum atomic E-state index is 13.4. The van der Waals surface area contributed by atoms with Crippen LogP contribution < -0.4 is 4.90 Å². The van der Waals surface area contributed by atoms with Gasteiger partial charge in [0.1, 0.15) is 18.1 Å². The molecule has 0 fully saturated rings. The number of pyridine rings is 1. The molecule has 1 aromatic carbocycles. The Morgan fingerprint density at radius 1 is 1.32 bits per heavy atom. The highest BCUT2D eigenvalue weighted by molar-refractivity contribution is 6.30. The minimum atomic E-state index is -0.633. The molecule has 114 valence electrons. The van der Waals surface area contributed by atoms with Crippen molar-refractivity contribution in [3.63, 3.8) is 0 Å². The van der Waals surface area contributed by atoms with Crippen LogP contribution in [0.2, 0.25) is 5.02 Å². The molecule has 0 atom stereocenters. The number of carbonyl (C=O) groups is 2. The lowest BCUT2D eigenvalue weighted by atomic mass is 10.2. The van der Waals surface area contributed by atoms with E-state index in [2.05, 4.69) is 9.72 Å². The van der Waals surface area contributed by atoms with Crippen LogP contribution in [0.25, 0.3) is 0 Å². The van der Waals surface area contributed by atoms with Gasteiger partial charge in [0.15, 0.2) is 0 Å². The molecule has 0 spiro atoms. The summed E-state index contributed by atoms with van der Waals surface area (Å²) in [6.07, 6.45) is 1.32. The summed E-state index contributed by atoms with van der Waals surface area (Å²) < 4.78 is 17.9. The Labute approximate surface area is 131 Å². The molecule has 0 saturated carbocycles. The van der Waals surface area contributed by atoms with Crippen LogP contribution in [0.5, 0.6) is 0 Å². The Morgan fingerprint density at radius 2 is 2.09 bits per heavy atom. The van der Waals surface area contributed by atoms with Crippen LogP contribution in [0.1, 0.15) is 10.5 Å². The molecule has 0 bridgehead atoms. The molecule has 0 N–H and O–H groups in total. The van der Waals surface area contributed by atoms with E-state index in [1.54, 1.807) is 0 Å². The van der Waals surface area contributed by atoms with Gasteiger partial charge in [-0.2, -0.15) is 0 Å². The lowest BCUT2D eigenvalue weighted by Crippen LogP contribution is -2.36. The molecule has 0 saturated heterocycles. The standard InChI is InChI=1S/C15H12ClFN2O3/c1-22-14(20)9-19(12-4-2-3-11(17)7-12)15(21)13-6-5-10(16)8-18-13/h2-8H,9H2,1H3. The maximum absolute atomic E-state index is 13.4.